The molecule has 0 aliphatic carbocycles. The van der Waals surface area contributed by atoms with Gasteiger partial charge in [-0.3, -0.25) is 19.5 Å². The fourth-order valence-corrected chi connectivity index (χ4v) is 3.01. The van der Waals surface area contributed by atoms with Crippen molar-refractivity contribution in [3.63, 3.8) is 0 Å². The number of nitrogens with zero attached hydrogens (tertiary/aromatic N) is 2. The number of nitrogens with one attached hydrogen (secondary N) is 2. The van der Waals surface area contributed by atoms with Gasteiger partial charge in [0.1, 0.15) is 0 Å². The number of amides is 2. The van der Waals surface area contributed by atoms with Crippen LogP contribution < -0.4 is 10.6 Å². The molecule has 2 heterocycles. The predicted octanol–water partition coefficient (Wildman–Crippen LogP) is 1.01. The van der Waals surface area contributed by atoms with Gasteiger partial charge in [-0.05, 0) is 18.6 Å². The van der Waals surface area contributed by atoms with E-state index in [1.54, 1.807) is 19.4 Å². The zero-order valence-corrected chi connectivity index (χ0v) is 14.2. The Morgan fingerprint density at radius 3 is 2.96 bits per heavy atom. The van der Waals surface area contributed by atoms with E-state index in [-0.39, 0.29) is 6.04 Å². The fourth-order valence-electron chi connectivity index (χ4n) is 3.01. The van der Waals surface area contributed by atoms with E-state index in [0.717, 1.165) is 31.4 Å². The smallest absolute Gasteiger partial charge is 0.313 e. The summed E-state index contributed by atoms with van der Waals surface area (Å²) in [4.78, 5) is 30.9. The number of likely N-dealkylation sites (tertiary alicyclic amines) is 1. The average molecular weight is 342 g/mol. The van der Waals surface area contributed by atoms with Crippen molar-refractivity contribution in [2.75, 3.05) is 38.7 Å². The van der Waals surface area contributed by atoms with Crippen LogP contribution in [0, 0.1) is 0 Å². The summed E-state index contributed by atoms with van der Waals surface area (Å²) in [7, 11) is 1.67. The zero-order valence-electron chi connectivity index (χ0n) is 14.2. The van der Waals surface area contributed by atoms with Crippen LogP contribution in [0.5, 0.6) is 0 Å². The number of methoxy groups -OCH3 is 1. The molecule has 1 aliphatic heterocycles. The van der Waals surface area contributed by atoms with E-state index in [2.05, 4.69) is 20.5 Å². The molecule has 0 spiro atoms. The zero-order chi connectivity index (χ0) is 17.6. The van der Waals surface area contributed by atoms with Crippen molar-refractivity contribution in [1.82, 2.24) is 15.2 Å². The quantitative estimate of drug-likeness (QED) is 0.793. The Bertz CT molecular complexity index is 760. The summed E-state index contributed by atoms with van der Waals surface area (Å²) in [6.07, 6.45) is 2.49. The molecule has 1 saturated heterocycles. The van der Waals surface area contributed by atoms with Crippen LogP contribution >= 0.6 is 0 Å². The second kappa shape index (κ2) is 8.04. The molecular formula is C18H22N4O3. The van der Waals surface area contributed by atoms with Crippen molar-refractivity contribution < 1.29 is 14.3 Å². The standard InChI is InChI=1S/C18H22N4O3/c1-25-11-10-22-9-7-14(12-22)20-17(23)18(24)21-15-6-2-4-13-5-3-8-19-16(13)15/h2-6,8,14H,7,9-12H2,1H3,(H,20,23)(H,21,24)/t14-/m1/s1. The lowest BCUT2D eigenvalue weighted by Gasteiger charge is -2.16. The number of benzene rings is 1. The Morgan fingerprint density at radius 2 is 2.12 bits per heavy atom. The number of fused-ring (bicyclic) bond motifs is 1. The summed E-state index contributed by atoms with van der Waals surface area (Å²) >= 11 is 0. The van der Waals surface area contributed by atoms with Crippen LogP contribution in [0.1, 0.15) is 6.42 Å². The van der Waals surface area contributed by atoms with Crippen molar-refractivity contribution in [3.8, 4) is 0 Å². The minimum atomic E-state index is -0.673. The van der Waals surface area contributed by atoms with Crippen molar-refractivity contribution in [2.45, 2.75) is 12.5 Å². The Kier molecular flexibility index (Phi) is 5.57. The summed E-state index contributed by atoms with van der Waals surface area (Å²) in [5, 5.41) is 6.36. The van der Waals surface area contributed by atoms with E-state index in [1.165, 1.54) is 0 Å². The van der Waals surface area contributed by atoms with Crippen molar-refractivity contribution in [1.29, 1.82) is 0 Å². The van der Waals surface area contributed by atoms with Crippen LogP contribution in [-0.4, -0.2) is 61.1 Å². The van der Waals surface area contributed by atoms with Gasteiger partial charge in [0.2, 0.25) is 0 Å². The molecule has 0 saturated carbocycles. The van der Waals surface area contributed by atoms with Crippen molar-refractivity contribution in [3.05, 3.63) is 36.5 Å². The number of carbonyl (C=O) groups excluding carboxylic acids is 2. The highest BCUT2D eigenvalue weighted by atomic mass is 16.5. The summed E-state index contributed by atoms with van der Waals surface area (Å²) in [6.45, 7) is 3.12. The van der Waals surface area contributed by atoms with Crippen molar-refractivity contribution in [2.24, 2.45) is 0 Å². The SMILES string of the molecule is COCCN1CC[C@@H](NC(=O)C(=O)Nc2cccc3cccnc23)C1. The van der Waals surface area contributed by atoms with E-state index < -0.39 is 11.8 Å². The molecule has 7 nitrogen and oxygen atoms in total. The highest BCUT2D eigenvalue weighted by Gasteiger charge is 2.26. The van der Waals surface area contributed by atoms with E-state index in [4.69, 9.17) is 4.74 Å². The minimum absolute atomic E-state index is 0.0132. The van der Waals surface area contributed by atoms with Gasteiger partial charge in [-0.2, -0.15) is 0 Å². The molecule has 7 heteroatoms. The Hall–Kier alpha value is -2.51. The van der Waals surface area contributed by atoms with Gasteiger partial charge in [0.25, 0.3) is 0 Å². The molecule has 0 unspecified atom stereocenters. The first-order valence-electron chi connectivity index (χ1n) is 8.34. The molecule has 1 fully saturated rings. The number of hydrogen-bond donors (Lipinski definition) is 2. The molecule has 2 amide bonds. The highest BCUT2D eigenvalue weighted by molar-refractivity contribution is 6.40. The van der Waals surface area contributed by atoms with Crippen LogP contribution in [0.2, 0.25) is 0 Å². The van der Waals surface area contributed by atoms with Gasteiger partial charge in [-0.25, -0.2) is 0 Å². The molecular weight excluding hydrogens is 320 g/mol. The summed E-state index contributed by atoms with van der Waals surface area (Å²) < 4.78 is 5.06. The van der Waals surface area contributed by atoms with Crippen LogP contribution in [0.15, 0.2) is 36.5 Å². The second-order valence-electron chi connectivity index (χ2n) is 6.09. The molecule has 0 bridgehead atoms. The molecule has 132 valence electrons. The maximum Gasteiger partial charge on any atom is 0.313 e. The highest BCUT2D eigenvalue weighted by Crippen LogP contribution is 2.20. The largest absolute Gasteiger partial charge is 0.383 e. The number of carbonyl (C=O) groups is 2. The van der Waals surface area contributed by atoms with Gasteiger partial charge < -0.3 is 15.4 Å². The van der Waals surface area contributed by atoms with Crippen LogP contribution in [0.25, 0.3) is 10.9 Å². The number of anilines is 1. The van der Waals surface area contributed by atoms with Gasteiger partial charge in [-0.1, -0.05) is 18.2 Å². The molecule has 1 aliphatic rings. The molecule has 2 aromatic rings. The second-order valence-corrected chi connectivity index (χ2v) is 6.09. The number of rotatable bonds is 5. The van der Waals surface area contributed by atoms with Crippen LogP contribution in [-0.2, 0) is 14.3 Å². The monoisotopic (exact) mass is 342 g/mol. The van der Waals surface area contributed by atoms with E-state index in [0.29, 0.717) is 17.8 Å². The Balaban J connectivity index is 1.57. The van der Waals surface area contributed by atoms with Gasteiger partial charge in [0.15, 0.2) is 0 Å². The first-order valence-corrected chi connectivity index (χ1v) is 8.34. The molecule has 1 aromatic heterocycles. The summed E-state index contributed by atoms with van der Waals surface area (Å²) in [5.41, 5.74) is 1.20. The molecule has 1 atom stereocenters. The van der Waals surface area contributed by atoms with Gasteiger partial charge in [0.05, 0.1) is 17.8 Å². The number of aromatic nitrogens is 1. The molecule has 1 aromatic carbocycles. The van der Waals surface area contributed by atoms with E-state index in [1.807, 2.05) is 24.3 Å². The summed E-state index contributed by atoms with van der Waals surface area (Å²) in [5.74, 6) is -1.29. The lowest BCUT2D eigenvalue weighted by molar-refractivity contribution is -0.136. The minimum Gasteiger partial charge on any atom is -0.383 e. The fraction of sp³-hybridized carbons (Fsp3) is 0.389. The lowest BCUT2D eigenvalue weighted by Crippen LogP contribution is -2.43. The van der Waals surface area contributed by atoms with E-state index in [9.17, 15) is 9.59 Å². The third kappa shape index (κ3) is 4.32. The summed E-state index contributed by atoms with van der Waals surface area (Å²) in [6, 6.07) is 9.19. The van der Waals surface area contributed by atoms with Gasteiger partial charge in [-0.15, -0.1) is 0 Å². The number of ether oxygens (including phenoxy) is 1. The van der Waals surface area contributed by atoms with Gasteiger partial charge in [0, 0.05) is 44.4 Å². The Morgan fingerprint density at radius 1 is 1.28 bits per heavy atom. The maximum atomic E-state index is 12.2. The third-order valence-electron chi connectivity index (χ3n) is 4.31. The van der Waals surface area contributed by atoms with Crippen molar-refractivity contribution >= 4 is 28.4 Å². The first kappa shape index (κ1) is 17.3. The lowest BCUT2D eigenvalue weighted by atomic mass is 10.2. The molecule has 3 rings (SSSR count). The topological polar surface area (TPSA) is 83.6 Å². The Labute approximate surface area is 146 Å². The predicted molar refractivity (Wildman–Crippen MR) is 95.2 cm³/mol. The normalized spacial score (nSPS) is 17.6. The molecule has 2 N–H and O–H groups in total. The maximum absolute atomic E-state index is 12.2. The average Bonchev–Trinajstić information content (AvgIpc) is 3.07. The van der Waals surface area contributed by atoms with Crippen LogP contribution in [0.4, 0.5) is 5.69 Å². The first-order chi connectivity index (χ1) is 12.2. The number of pyridine rings is 1. The molecule has 0 radical (unpaired) electrons. The third-order valence-corrected chi connectivity index (χ3v) is 4.31. The van der Waals surface area contributed by atoms with E-state index >= 15 is 0 Å². The number of para-hydroxylation sites is 1. The number of hydrogen-bond acceptors (Lipinski definition) is 5. The molecule has 25 heavy (non-hydrogen) atoms. The van der Waals surface area contributed by atoms with Gasteiger partial charge >= 0.3 is 11.8 Å². The van der Waals surface area contributed by atoms with Crippen LogP contribution in [0.3, 0.4) is 0 Å².